The number of carbonyl (C=O) groups excluding carboxylic acids is 2. The van der Waals surface area contributed by atoms with Crippen molar-refractivity contribution in [2.24, 2.45) is 5.92 Å². The van der Waals surface area contributed by atoms with Crippen molar-refractivity contribution in [3.63, 3.8) is 0 Å². The SMILES string of the molecule is Cc1nn(CC(=O)N2CCC(C(=O)c3ccccc3)CC2)c(=O)c2ccccc12. The number of aromatic nitrogens is 2. The van der Waals surface area contributed by atoms with Crippen molar-refractivity contribution in [3.05, 3.63) is 76.2 Å². The van der Waals surface area contributed by atoms with E-state index in [2.05, 4.69) is 5.10 Å². The topological polar surface area (TPSA) is 72.3 Å². The fourth-order valence-electron chi connectivity index (χ4n) is 3.97. The summed E-state index contributed by atoms with van der Waals surface area (Å²) in [7, 11) is 0. The van der Waals surface area contributed by atoms with Crippen molar-refractivity contribution in [2.75, 3.05) is 13.1 Å². The highest BCUT2D eigenvalue weighted by atomic mass is 16.2. The second-order valence-electron chi connectivity index (χ2n) is 7.48. The number of fused-ring (bicyclic) bond motifs is 1. The number of likely N-dealkylation sites (tertiary alicyclic amines) is 1. The number of benzene rings is 2. The summed E-state index contributed by atoms with van der Waals surface area (Å²) in [5, 5.41) is 5.70. The molecule has 1 saturated heterocycles. The maximum absolute atomic E-state index is 12.8. The van der Waals surface area contributed by atoms with E-state index in [9.17, 15) is 14.4 Å². The molecule has 0 saturated carbocycles. The molecule has 6 nitrogen and oxygen atoms in total. The molecule has 29 heavy (non-hydrogen) atoms. The Balaban J connectivity index is 1.43. The van der Waals surface area contributed by atoms with Gasteiger partial charge in [-0.1, -0.05) is 48.5 Å². The summed E-state index contributed by atoms with van der Waals surface area (Å²) in [6, 6.07) is 16.6. The molecule has 0 radical (unpaired) electrons. The number of piperidine rings is 1. The molecule has 2 aromatic carbocycles. The van der Waals surface area contributed by atoms with Gasteiger partial charge in [-0.25, -0.2) is 4.68 Å². The average Bonchev–Trinajstić information content (AvgIpc) is 2.77. The summed E-state index contributed by atoms with van der Waals surface area (Å²) >= 11 is 0. The van der Waals surface area contributed by atoms with Crippen molar-refractivity contribution in [1.82, 2.24) is 14.7 Å². The van der Waals surface area contributed by atoms with Gasteiger partial charge >= 0.3 is 0 Å². The molecule has 0 bridgehead atoms. The number of hydrogen-bond acceptors (Lipinski definition) is 4. The van der Waals surface area contributed by atoms with Crippen LogP contribution in [0.5, 0.6) is 0 Å². The van der Waals surface area contributed by atoms with Crippen LogP contribution in [0.25, 0.3) is 10.8 Å². The average molecular weight is 389 g/mol. The van der Waals surface area contributed by atoms with Gasteiger partial charge in [0.05, 0.1) is 11.1 Å². The number of rotatable bonds is 4. The Morgan fingerprint density at radius 2 is 1.59 bits per heavy atom. The normalized spacial score (nSPS) is 14.9. The zero-order valence-corrected chi connectivity index (χ0v) is 16.4. The fraction of sp³-hybridized carbons (Fsp3) is 0.304. The predicted octanol–water partition coefficient (Wildman–Crippen LogP) is 2.83. The number of carbonyl (C=O) groups is 2. The highest BCUT2D eigenvalue weighted by molar-refractivity contribution is 5.98. The second-order valence-corrected chi connectivity index (χ2v) is 7.48. The number of Topliss-reactive ketones (excluding diaryl/α,β-unsaturated/α-hetero) is 1. The van der Waals surface area contributed by atoms with Crippen molar-refractivity contribution >= 4 is 22.5 Å². The van der Waals surface area contributed by atoms with E-state index in [1.807, 2.05) is 55.5 Å². The van der Waals surface area contributed by atoms with Crippen LogP contribution in [-0.2, 0) is 11.3 Å². The smallest absolute Gasteiger partial charge is 0.275 e. The van der Waals surface area contributed by atoms with E-state index in [1.54, 1.807) is 11.0 Å². The highest BCUT2D eigenvalue weighted by Gasteiger charge is 2.28. The van der Waals surface area contributed by atoms with E-state index in [0.717, 1.165) is 16.6 Å². The molecule has 1 aliphatic rings. The largest absolute Gasteiger partial charge is 0.341 e. The van der Waals surface area contributed by atoms with Crippen molar-refractivity contribution in [1.29, 1.82) is 0 Å². The van der Waals surface area contributed by atoms with Crippen molar-refractivity contribution in [2.45, 2.75) is 26.3 Å². The Morgan fingerprint density at radius 3 is 2.28 bits per heavy atom. The Kier molecular flexibility index (Phi) is 5.25. The third kappa shape index (κ3) is 3.83. The molecular formula is C23H23N3O3. The van der Waals surface area contributed by atoms with Crippen LogP contribution in [0.3, 0.4) is 0 Å². The predicted molar refractivity (Wildman–Crippen MR) is 111 cm³/mol. The highest BCUT2D eigenvalue weighted by Crippen LogP contribution is 2.22. The van der Waals surface area contributed by atoms with Gasteiger partial charge in [-0.2, -0.15) is 5.10 Å². The van der Waals surface area contributed by atoms with Gasteiger partial charge in [0.2, 0.25) is 5.91 Å². The van der Waals surface area contributed by atoms with E-state index in [4.69, 9.17) is 0 Å². The lowest BCUT2D eigenvalue weighted by molar-refractivity contribution is -0.133. The third-order valence-corrected chi connectivity index (χ3v) is 5.61. The molecule has 0 unspecified atom stereocenters. The molecule has 2 heterocycles. The van der Waals surface area contributed by atoms with Crippen LogP contribution in [-0.4, -0.2) is 39.5 Å². The summed E-state index contributed by atoms with van der Waals surface area (Å²) in [6.45, 7) is 2.79. The van der Waals surface area contributed by atoms with E-state index in [0.29, 0.717) is 31.3 Å². The minimum atomic E-state index is -0.256. The molecule has 4 rings (SSSR count). The quantitative estimate of drug-likeness (QED) is 0.643. The van der Waals surface area contributed by atoms with Crippen LogP contribution < -0.4 is 5.56 Å². The molecule has 1 fully saturated rings. The minimum absolute atomic E-state index is 0.0646. The van der Waals surface area contributed by atoms with Crippen LogP contribution >= 0.6 is 0 Å². The van der Waals surface area contributed by atoms with Crippen LogP contribution in [0.1, 0.15) is 28.9 Å². The van der Waals surface area contributed by atoms with Gasteiger partial charge in [0.1, 0.15) is 6.54 Å². The third-order valence-electron chi connectivity index (χ3n) is 5.61. The first-order chi connectivity index (χ1) is 14.0. The first-order valence-electron chi connectivity index (χ1n) is 9.88. The maximum Gasteiger partial charge on any atom is 0.275 e. The Labute approximate surface area is 168 Å². The monoisotopic (exact) mass is 389 g/mol. The molecular weight excluding hydrogens is 366 g/mol. The molecule has 0 aliphatic carbocycles. The summed E-state index contributed by atoms with van der Waals surface area (Å²) in [6.07, 6.45) is 1.27. The standard InChI is InChI=1S/C23H23N3O3/c1-16-19-9-5-6-10-20(19)23(29)26(24-16)15-21(27)25-13-11-18(12-14-25)22(28)17-7-3-2-4-8-17/h2-10,18H,11-15H2,1H3. The molecule has 1 aliphatic heterocycles. The lowest BCUT2D eigenvalue weighted by Gasteiger charge is -2.31. The number of nitrogens with zero attached hydrogens (tertiary/aromatic N) is 3. The lowest BCUT2D eigenvalue weighted by atomic mass is 9.89. The molecule has 1 amide bonds. The van der Waals surface area contributed by atoms with E-state index in [-0.39, 0.29) is 29.7 Å². The second kappa shape index (κ2) is 7.99. The summed E-state index contributed by atoms with van der Waals surface area (Å²) in [5.74, 6) is -0.0640. The zero-order valence-electron chi connectivity index (χ0n) is 16.4. The van der Waals surface area contributed by atoms with Crippen molar-refractivity contribution in [3.8, 4) is 0 Å². The summed E-state index contributed by atoms with van der Waals surface area (Å²) in [4.78, 5) is 39.8. The molecule has 3 aromatic rings. The summed E-state index contributed by atoms with van der Waals surface area (Å²) < 4.78 is 1.25. The molecule has 1 aromatic heterocycles. The van der Waals surface area contributed by atoms with Gasteiger partial charge in [-0.3, -0.25) is 14.4 Å². The zero-order chi connectivity index (χ0) is 20.4. The van der Waals surface area contributed by atoms with Crippen LogP contribution in [0, 0.1) is 12.8 Å². The molecule has 0 spiro atoms. The molecule has 0 atom stereocenters. The van der Waals surface area contributed by atoms with Gasteiger partial charge in [-0.15, -0.1) is 0 Å². The number of amides is 1. The van der Waals surface area contributed by atoms with E-state index >= 15 is 0 Å². The van der Waals surface area contributed by atoms with E-state index in [1.165, 1.54) is 4.68 Å². The van der Waals surface area contributed by atoms with Gasteiger partial charge in [0.25, 0.3) is 5.56 Å². The van der Waals surface area contributed by atoms with Crippen LogP contribution in [0.4, 0.5) is 0 Å². The summed E-state index contributed by atoms with van der Waals surface area (Å²) in [5.41, 5.74) is 1.19. The van der Waals surface area contributed by atoms with Gasteiger partial charge in [0.15, 0.2) is 5.78 Å². The first kappa shape index (κ1) is 19.1. The van der Waals surface area contributed by atoms with E-state index < -0.39 is 0 Å². The number of hydrogen-bond donors (Lipinski definition) is 0. The van der Waals surface area contributed by atoms with Gasteiger partial charge < -0.3 is 4.90 Å². The minimum Gasteiger partial charge on any atom is -0.341 e. The Morgan fingerprint density at radius 1 is 0.966 bits per heavy atom. The Hall–Kier alpha value is -3.28. The van der Waals surface area contributed by atoms with Gasteiger partial charge in [0, 0.05) is 30.0 Å². The molecule has 148 valence electrons. The number of ketones is 1. The number of aryl methyl sites for hydroxylation is 1. The molecule has 6 heteroatoms. The van der Waals surface area contributed by atoms with Crippen LogP contribution in [0.2, 0.25) is 0 Å². The van der Waals surface area contributed by atoms with Gasteiger partial charge in [-0.05, 0) is 25.8 Å². The maximum atomic E-state index is 12.8. The fourth-order valence-corrected chi connectivity index (χ4v) is 3.97. The molecule has 0 N–H and O–H groups in total. The van der Waals surface area contributed by atoms with Crippen LogP contribution in [0.15, 0.2) is 59.4 Å². The van der Waals surface area contributed by atoms with Crippen molar-refractivity contribution < 1.29 is 9.59 Å². The lowest BCUT2D eigenvalue weighted by Crippen LogP contribution is -2.43. The first-order valence-corrected chi connectivity index (χ1v) is 9.88. The Bertz CT molecular complexity index is 1110.